The summed E-state index contributed by atoms with van der Waals surface area (Å²) in [6, 6.07) is 14.6. The van der Waals surface area contributed by atoms with Crippen LogP contribution in [-0.2, 0) is 16.0 Å². The summed E-state index contributed by atoms with van der Waals surface area (Å²) in [5.41, 5.74) is 1.31. The lowest BCUT2D eigenvalue weighted by atomic mass is 9.94. The molecule has 2 aliphatic heterocycles. The first kappa shape index (κ1) is 33.8. The zero-order valence-electron chi connectivity index (χ0n) is 26.8. The van der Waals surface area contributed by atoms with E-state index >= 15 is 0 Å². The normalized spacial score (nSPS) is 20.8. The van der Waals surface area contributed by atoms with Gasteiger partial charge in [0.25, 0.3) is 5.91 Å². The molecular weight excluding hydrogens is 576 g/mol. The second-order valence-electron chi connectivity index (χ2n) is 12.5. The van der Waals surface area contributed by atoms with E-state index in [1.807, 2.05) is 35.2 Å². The maximum absolute atomic E-state index is 13.9. The summed E-state index contributed by atoms with van der Waals surface area (Å²) < 4.78 is 6.12. The highest BCUT2D eigenvalue weighted by Crippen LogP contribution is 2.27. The van der Waals surface area contributed by atoms with Gasteiger partial charge in [0.2, 0.25) is 11.8 Å². The van der Waals surface area contributed by atoms with Crippen LogP contribution in [0.4, 0.5) is 0 Å². The van der Waals surface area contributed by atoms with E-state index in [0.717, 1.165) is 57.2 Å². The van der Waals surface area contributed by atoms with Gasteiger partial charge in [-0.05, 0) is 89.2 Å². The number of nitrogens with zero attached hydrogens (tertiary/aromatic N) is 4. The van der Waals surface area contributed by atoms with Gasteiger partial charge in [0.05, 0.1) is 12.2 Å². The average Bonchev–Trinajstić information content (AvgIpc) is 3.03. The Kier molecular flexibility index (Phi) is 12.5. The highest BCUT2D eigenvalue weighted by atomic mass is 35.5. The van der Waals surface area contributed by atoms with Gasteiger partial charge in [-0.2, -0.15) is 0 Å². The van der Waals surface area contributed by atoms with Gasteiger partial charge in [-0.3, -0.25) is 14.4 Å². The van der Waals surface area contributed by atoms with Crippen LogP contribution in [0.25, 0.3) is 0 Å². The van der Waals surface area contributed by atoms with Crippen LogP contribution in [0.5, 0.6) is 5.75 Å². The third kappa shape index (κ3) is 8.98. The minimum atomic E-state index is -0.702. The zero-order chi connectivity index (χ0) is 31.6. The molecule has 0 radical (unpaired) electrons. The summed E-state index contributed by atoms with van der Waals surface area (Å²) in [7, 11) is 3.47. The first-order valence-electron chi connectivity index (χ1n) is 16.2. The van der Waals surface area contributed by atoms with Crippen molar-refractivity contribution >= 4 is 29.3 Å². The molecule has 0 unspecified atom stereocenters. The van der Waals surface area contributed by atoms with Crippen LogP contribution in [0.2, 0.25) is 5.02 Å². The molecule has 0 aromatic heterocycles. The van der Waals surface area contributed by atoms with Crippen molar-refractivity contribution in [1.82, 2.24) is 19.6 Å². The quantitative estimate of drug-likeness (QED) is 0.457. The maximum Gasteiger partial charge on any atom is 0.258 e. The Hall–Kier alpha value is -3.10. The summed E-state index contributed by atoms with van der Waals surface area (Å²) in [6.45, 7) is 8.66. The van der Waals surface area contributed by atoms with Crippen molar-refractivity contribution in [1.29, 1.82) is 0 Å². The molecule has 44 heavy (non-hydrogen) atoms. The Morgan fingerprint density at radius 1 is 0.909 bits per heavy atom. The van der Waals surface area contributed by atoms with Crippen molar-refractivity contribution in [3.05, 3.63) is 64.7 Å². The SMILES string of the molecule is CC(C)N1CCC(C(=O)N2CCCCOc3ccc(Cl)cc3C(=O)N(C)[C@@H](Cc3ccccc3)C(=O)N(C)CCCC2)CC1. The minimum absolute atomic E-state index is 0.0662. The van der Waals surface area contributed by atoms with Crippen LogP contribution in [0.3, 0.4) is 0 Å². The molecular formula is C35H49ClN4O4. The number of piperidine rings is 1. The van der Waals surface area contributed by atoms with Gasteiger partial charge in [-0.25, -0.2) is 0 Å². The van der Waals surface area contributed by atoms with Gasteiger partial charge in [-0.1, -0.05) is 41.9 Å². The molecule has 2 aromatic rings. The van der Waals surface area contributed by atoms with Crippen molar-refractivity contribution in [2.24, 2.45) is 5.92 Å². The van der Waals surface area contributed by atoms with Gasteiger partial charge < -0.3 is 24.3 Å². The third-order valence-corrected chi connectivity index (χ3v) is 9.30. The van der Waals surface area contributed by atoms with Gasteiger partial charge in [0.15, 0.2) is 0 Å². The Bertz CT molecular complexity index is 1250. The number of benzene rings is 2. The Labute approximate surface area is 268 Å². The molecule has 2 heterocycles. The number of halogens is 1. The van der Waals surface area contributed by atoms with E-state index < -0.39 is 6.04 Å². The smallest absolute Gasteiger partial charge is 0.258 e. The standard InChI is InChI=1S/C35H49ClN4O4/c1-26(2)39-21-16-28(17-22-39)33(41)40-19-9-8-18-37(3)35(43)31(24-27-12-6-5-7-13-27)38(4)34(42)30-25-29(36)14-15-32(30)44-23-11-10-20-40/h5-7,12-15,25-26,28,31H,8-11,16-24H2,1-4H3/t31-/m0/s1. The molecule has 0 aliphatic carbocycles. The van der Waals surface area contributed by atoms with Crippen molar-refractivity contribution < 1.29 is 19.1 Å². The summed E-state index contributed by atoms with van der Waals surface area (Å²) >= 11 is 6.33. The van der Waals surface area contributed by atoms with Crippen molar-refractivity contribution in [3.63, 3.8) is 0 Å². The van der Waals surface area contributed by atoms with Crippen LogP contribution in [0.15, 0.2) is 48.5 Å². The summed E-state index contributed by atoms with van der Waals surface area (Å²) in [6.07, 6.45) is 5.34. The van der Waals surface area contributed by atoms with Crippen LogP contribution in [0.1, 0.15) is 68.3 Å². The minimum Gasteiger partial charge on any atom is -0.493 e. The Morgan fingerprint density at radius 3 is 2.25 bits per heavy atom. The van der Waals surface area contributed by atoms with Crippen LogP contribution in [0, 0.1) is 5.92 Å². The van der Waals surface area contributed by atoms with Gasteiger partial charge in [0, 0.05) is 57.1 Å². The highest BCUT2D eigenvalue weighted by molar-refractivity contribution is 6.31. The lowest BCUT2D eigenvalue weighted by Gasteiger charge is -2.36. The molecule has 0 N–H and O–H groups in total. The molecule has 0 spiro atoms. The fourth-order valence-electron chi connectivity index (χ4n) is 6.21. The van der Waals surface area contributed by atoms with Crippen molar-refractivity contribution in [2.75, 3.05) is 53.4 Å². The number of carbonyl (C=O) groups is 3. The molecule has 240 valence electrons. The molecule has 1 saturated heterocycles. The number of hydrogen-bond acceptors (Lipinski definition) is 5. The van der Waals surface area contributed by atoms with E-state index in [-0.39, 0.29) is 23.6 Å². The third-order valence-electron chi connectivity index (χ3n) is 9.07. The topological polar surface area (TPSA) is 73.4 Å². The molecule has 0 saturated carbocycles. The van der Waals surface area contributed by atoms with Crippen molar-refractivity contribution in [2.45, 2.75) is 70.9 Å². The predicted molar refractivity (Wildman–Crippen MR) is 175 cm³/mol. The second-order valence-corrected chi connectivity index (χ2v) is 13.0. The van der Waals surface area contributed by atoms with Crippen LogP contribution in [-0.4, -0.2) is 103 Å². The number of hydrogen-bond donors (Lipinski definition) is 0. The van der Waals surface area contributed by atoms with E-state index in [9.17, 15) is 14.4 Å². The van der Waals surface area contributed by atoms with Crippen LogP contribution >= 0.6 is 11.6 Å². The number of carbonyl (C=O) groups excluding carboxylic acids is 3. The van der Waals surface area contributed by atoms with Gasteiger partial charge in [0.1, 0.15) is 11.8 Å². The molecule has 3 amide bonds. The molecule has 2 aromatic carbocycles. The van der Waals surface area contributed by atoms with Crippen LogP contribution < -0.4 is 4.74 Å². The molecule has 8 nitrogen and oxygen atoms in total. The zero-order valence-corrected chi connectivity index (χ0v) is 27.6. The first-order valence-corrected chi connectivity index (χ1v) is 16.5. The largest absolute Gasteiger partial charge is 0.493 e. The summed E-state index contributed by atoms with van der Waals surface area (Å²) in [5.74, 6) is 0.334. The van der Waals surface area contributed by atoms with E-state index in [0.29, 0.717) is 55.0 Å². The molecule has 1 atom stereocenters. The lowest BCUT2D eigenvalue weighted by Crippen LogP contribution is -2.49. The molecule has 2 aliphatic rings. The van der Waals surface area contributed by atoms with Gasteiger partial charge in [-0.15, -0.1) is 0 Å². The number of likely N-dealkylation sites (N-methyl/N-ethyl adjacent to an activating group) is 2. The summed E-state index contributed by atoms with van der Waals surface area (Å²) in [4.78, 5) is 49.2. The molecule has 4 rings (SSSR count). The average molecular weight is 625 g/mol. The highest BCUT2D eigenvalue weighted by Gasteiger charge is 2.32. The Balaban J connectivity index is 1.54. The fourth-order valence-corrected chi connectivity index (χ4v) is 6.38. The predicted octanol–water partition coefficient (Wildman–Crippen LogP) is 5.38. The van der Waals surface area contributed by atoms with E-state index in [4.69, 9.17) is 16.3 Å². The lowest BCUT2D eigenvalue weighted by molar-refractivity contribution is -0.138. The van der Waals surface area contributed by atoms with E-state index in [1.54, 1.807) is 37.2 Å². The first-order chi connectivity index (χ1) is 21.2. The summed E-state index contributed by atoms with van der Waals surface area (Å²) in [5, 5.41) is 0.427. The van der Waals surface area contributed by atoms with Gasteiger partial charge >= 0.3 is 0 Å². The Morgan fingerprint density at radius 2 is 1.57 bits per heavy atom. The van der Waals surface area contributed by atoms with E-state index in [2.05, 4.69) is 18.7 Å². The fraction of sp³-hybridized carbons (Fsp3) is 0.571. The second kappa shape index (κ2) is 16.3. The monoisotopic (exact) mass is 624 g/mol. The number of fused-ring (bicyclic) bond motifs is 1. The van der Waals surface area contributed by atoms with E-state index in [1.165, 1.54) is 4.90 Å². The number of ether oxygens (including phenoxy) is 1. The molecule has 9 heteroatoms. The molecule has 0 bridgehead atoms. The number of rotatable bonds is 4. The maximum atomic E-state index is 13.9. The number of amides is 3. The molecule has 1 fully saturated rings. The number of likely N-dealkylation sites (tertiary alicyclic amines) is 1. The van der Waals surface area contributed by atoms with Crippen molar-refractivity contribution in [3.8, 4) is 5.75 Å².